The first-order valence-electron chi connectivity index (χ1n) is 9.63. The number of ether oxygens (including phenoxy) is 1. The monoisotopic (exact) mass is 359 g/mol. The summed E-state index contributed by atoms with van der Waals surface area (Å²) in [5.41, 5.74) is 0.738. The molecule has 1 unspecified atom stereocenters. The quantitative estimate of drug-likeness (QED) is 0.709. The Balaban J connectivity index is 1.63. The van der Waals surface area contributed by atoms with E-state index in [4.69, 9.17) is 4.74 Å². The molecule has 142 valence electrons. The number of methoxy groups -OCH3 is 1. The van der Waals surface area contributed by atoms with E-state index in [9.17, 15) is 14.7 Å². The van der Waals surface area contributed by atoms with Gasteiger partial charge < -0.3 is 15.2 Å². The first-order chi connectivity index (χ1) is 12.6. The molecule has 0 bridgehead atoms. The molecule has 3 rings (SSSR count). The maximum atomic E-state index is 13.1. The van der Waals surface area contributed by atoms with Gasteiger partial charge in [-0.25, -0.2) is 0 Å². The Hall–Kier alpha value is -1.88. The third kappa shape index (κ3) is 4.26. The molecule has 3 atom stereocenters. The number of hydrogen-bond donors (Lipinski definition) is 2. The van der Waals surface area contributed by atoms with Gasteiger partial charge >= 0.3 is 5.97 Å². The van der Waals surface area contributed by atoms with Crippen molar-refractivity contribution in [2.24, 2.45) is 11.3 Å². The van der Waals surface area contributed by atoms with Crippen molar-refractivity contribution in [3.63, 3.8) is 0 Å². The second-order valence-electron chi connectivity index (χ2n) is 7.84. The third-order valence-corrected chi connectivity index (χ3v) is 6.03. The summed E-state index contributed by atoms with van der Waals surface area (Å²) in [5, 5.41) is 12.8. The predicted octanol–water partition coefficient (Wildman–Crippen LogP) is 3.35. The van der Waals surface area contributed by atoms with Crippen LogP contribution in [0.3, 0.4) is 0 Å². The average molecular weight is 359 g/mol. The Morgan fingerprint density at radius 2 is 1.96 bits per heavy atom. The van der Waals surface area contributed by atoms with Gasteiger partial charge in [-0.05, 0) is 37.7 Å². The zero-order valence-electron chi connectivity index (χ0n) is 15.4. The smallest absolute Gasteiger partial charge is 0.306 e. The van der Waals surface area contributed by atoms with Gasteiger partial charge in [0.05, 0.1) is 11.3 Å². The van der Waals surface area contributed by atoms with E-state index < -0.39 is 17.3 Å². The Labute approximate surface area is 155 Å². The maximum Gasteiger partial charge on any atom is 0.306 e. The number of carbonyl (C=O) groups is 2. The van der Waals surface area contributed by atoms with E-state index in [1.807, 2.05) is 18.2 Å². The molecule has 5 heteroatoms. The van der Waals surface area contributed by atoms with E-state index in [1.165, 1.54) is 5.56 Å². The van der Waals surface area contributed by atoms with Crippen molar-refractivity contribution in [2.75, 3.05) is 13.7 Å². The largest absolute Gasteiger partial charge is 0.481 e. The average Bonchev–Trinajstić information content (AvgIpc) is 3.24. The Kier molecular flexibility index (Phi) is 5.97. The van der Waals surface area contributed by atoms with E-state index in [0.29, 0.717) is 25.4 Å². The minimum absolute atomic E-state index is 0.0575. The number of rotatable bonds is 9. The standard InChI is InChI=1S/C21H29NO4/c1-26-12-9-16(19(23)24)14-21(10-5-6-11-21)20(25)22-18-13-17(18)15-7-3-2-4-8-15/h2-4,7-8,16-18H,5-6,9-14H2,1H3,(H,22,25)(H,23,24)/t16?,17-,18+/m0/s1. The highest BCUT2D eigenvalue weighted by atomic mass is 16.5. The van der Waals surface area contributed by atoms with Crippen molar-refractivity contribution >= 4 is 11.9 Å². The van der Waals surface area contributed by atoms with Gasteiger partial charge in [-0.2, -0.15) is 0 Å². The van der Waals surface area contributed by atoms with E-state index in [-0.39, 0.29) is 11.9 Å². The van der Waals surface area contributed by atoms with Crippen LogP contribution in [0.4, 0.5) is 0 Å². The van der Waals surface area contributed by atoms with Crippen molar-refractivity contribution in [3.05, 3.63) is 35.9 Å². The zero-order valence-corrected chi connectivity index (χ0v) is 15.4. The molecule has 0 saturated heterocycles. The highest BCUT2D eigenvalue weighted by Crippen LogP contribution is 2.46. The van der Waals surface area contributed by atoms with E-state index >= 15 is 0 Å². The van der Waals surface area contributed by atoms with E-state index in [2.05, 4.69) is 17.4 Å². The van der Waals surface area contributed by atoms with Crippen molar-refractivity contribution in [3.8, 4) is 0 Å². The molecule has 2 saturated carbocycles. The van der Waals surface area contributed by atoms with Crippen LogP contribution in [0.1, 0.15) is 56.4 Å². The number of carboxylic acid groups (broad SMARTS) is 1. The molecular weight excluding hydrogens is 330 g/mol. The molecule has 0 aromatic heterocycles. The number of amides is 1. The third-order valence-electron chi connectivity index (χ3n) is 6.03. The van der Waals surface area contributed by atoms with Crippen LogP contribution in [0.25, 0.3) is 0 Å². The number of carboxylic acids is 1. The van der Waals surface area contributed by atoms with Crippen molar-refractivity contribution in [1.82, 2.24) is 5.32 Å². The van der Waals surface area contributed by atoms with Gasteiger partial charge in [0.25, 0.3) is 0 Å². The summed E-state index contributed by atoms with van der Waals surface area (Å²) in [7, 11) is 1.58. The second-order valence-corrected chi connectivity index (χ2v) is 7.84. The highest BCUT2D eigenvalue weighted by molar-refractivity contribution is 5.84. The van der Waals surface area contributed by atoms with Gasteiger partial charge in [0, 0.05) is 25.7 Å². The topological polar surface area (TPSA) is 75.6 Å². The predicted molar refractivity (Wildman–Crippen MR) is 98.9 cm³/mol. The van der Waals surface area contributed by atoms with Gasteiger partial charge in [0.2, 0.25) is 5.91 Å². The van der Waals surface area contributed by atoms with E-state index in [1.54, 1.807) is 7.11 Å². The van der Waals surface area contributed by atoms with Crippen LogP contribution in [0, 0.1) is 11.3 Å². The van der Waals surface area contributed by atoms with Crippen LogP contribution >= 0.6 is 0 Å². The number of nitrogens with one attached hydrogen (secondary N) is 1. The number of hydrogen-bond acceptors (Lipinski definition) is 3. The first-order valence-corrected chi connectivity index (χ1v) is 9.63. The zero-order chi connectivity index (χ0) is 18.6. The van der Waals surface area contributed by atoms with Crippen molar-refractivity contribution in [1.29, 1.82) is 0 Å². The summed E-state index contributed by atoms with van der Waals surface area (Å²) in [4.78, 5) is 24.7. The molecule has 0 aliphatic heterocycles. The lowest BCUT2D eigenvalue weighted by Crippen LogP contribution is -2.43. The summed E-state index contributed by atoms with van der Waals surface area (Å²) < 4.78 is 5.05. The summed E-state index contributed by atoms with van der Waals surface area (Å²) in [5.74, 6) is -0.901. The molecular formula is C21H29NO4. The first kappa shape index (κ1) is 18.9. The van der Waals surface area contributed by atoms with Crippen LogP contribution < -0.4 is 5.32 Å². The molecule has 1 aromatic rings. The lowest BCUT2D eigenvalue weighted by molar-refractivity contribution is -0.145. The molecule has 5 nitrogen and oxygen atoms in total. The number of aliphatic carboxylic acids is 1. The fourth-order valence-electron chi connectivity index (χ4n) is 4.36. The van der Waals surface area contributed by atoms with Gasteiger partial charge in [0.15, 0.2) is 0 Å². The Morgan fingerprint density at radius 3 is 2.58 bits per heavy atom. The van der Waals surface area contributed by atoms with Gasteiger partial charge in [-0.3, -0.25) is 9.59 Å². The summed E-state index contributed by atoms with van der Waals surface area (Å²) >= 11 is 0. The van der Waals surface area contributed by atoms with Gasteiger partial charge in [-0.1, -0.05) is 43.2 Å². The molecule has 2 N–H and O–H groups in total. The minimum atomic E-state index is -0.824. The fraction of sp³-hybridized carbons (Fsp3) is 0.619. The number of carbonyl (C=O) groups excluding carboxylic acids is 1. The highest BCUT2D eigenvalue weighted by Gasteiger charge is 2.47. The molecule has 2 aliphatic carbocycles. The summed E-state index contributed by atoms with van der Waals surface area (Å²) in [6.45, 7) is 0.410. The van der Waals surface area contributed by atoms with E-state index in [0.717, 1.165) is 32.1 Å². The molecule has 0 heterocycles. The van der Waals surface area contributed by atoms with Crippen LogP contribution in [-0.2, 0) is 14.3 Å². The summed E-state index contributed by atoms with van der Waals surface area (Å²) in [6.07, 6.45) is 5.42. The maximum absolute atomic E-state index is 13.1. The lowest BCUT2D eigenvalue weighted by atomic mass is 9.76. The van der Waals surface area contributed by atoms with Crippen LogP contribution in [-0.4, -0.2) is 36.7 Å². The molecule has 1 amide bonds. The minimum Gasteiger partial charge on any atom is -0.481 e. The molecule has 26 heavy (non-hydrogen) atoms. The molecule has 2 fully saturated rings. The molecule has 0 spiro atoms. The molecule has 0 radical (unpaired) electrons. The Morgan fingerprint density at radius 1 is 1.27 bits per heavy atom. The Bertz CT molecular complexity index is 624. The molecule has 1 aromatic carbocycles. The summed E-state index contributed by atoms with van der Waals surface area (Å²) in [6, 6.07) is 10.4. The molecule has 2 aliphatic rings. The SMILES string of the molecule is COCCC(CC1(C(=O)N[C@@H]2C[C@H]2c2ccccc2)CCCC1)C(=O)O. The fourth-order valence-corrected chi connectivity index (χ4v) is 4.36. The van der Waals surface area contributed by atoms with Crippen LogP contribution in [0.2, 0.25) is 0 Å². The number of benzene rings is 1. The van der Waals surface area contributed by atoms with Crippen molar-refractivity contribution in [2.45, 2.75) is 56.9 Å². The van der Waals surface area contributed by atoms with Crippen LogP contribution in [0.15, 0.2) is 30.3 Å². The lowest BCUT2D eigenvalue weighted by Gasteiger charge is -2.30. The van der Waals surface area contributed by atoms with Crippen molar-refractivity contribution < 1.29 is 19.4 Å². The van der Waals surface area contributed by atoms with Gasteiger partial charge in [-0.15, -0.1) is 0 Å². The second kappa shape index (κ2) is 8.21. The van der Waals surface area contributed by atoms with Gasteiger partial charge in [0.1, 0.15) is 0 Å². The van der Waals surface area contributed by atoms with Crippen LogP contribution in [0.5, 0.6) is 0 Å². The normalized spacial score (nSPS) is 24.8.